The van der Waals surface area contributed by atoms with Gasteiger partial charge in [0.1, 0.15) is 22.7 Å². The Morgan fingerprint density at radius 1 is 1.28 bits per heavy atom. The largest absolute Gasteiger partial charge is 0.426 e. The number of nitrogens with zero attached hydrogens (tertiary/aromatic N) is 1. The number of aliphatic hydroxyl groups is 2. The molecular formula is C27H40N2O6S. The van der Waals surface area contributed by atoms with Gasteiger partial charge in [-0.1, -0.05) is 34.1 Å². The maximum atomic E-state index is 13.2. The number of cyclic esters (lactones) is 1. The van der Waals surface area contributed by atoms with E-state index in [2.05, 4.69) is 4.98 Å². The fourth-order valence-corrected chi connectivity index (χ4v) is 5.38. The summed E-state index contributed by atoms with van der Waals surface area (Å²) in [6, 6.07) is 0. The number of esters is 1. The molecule has 9 heteroatoms. The molecule has 6 atom stereocenters. The number of ketones is 1. The SMILES string of the molecule is CC(=C\c1csc(CN)n1)/C1=C\[C@@H]2O[C@]2(C)CCCC(C)[C@H](O)C(C)C(=O)C(C)(C)C(O)CC(=O)O1. The normalized spacial score (nSPS) is 36.0. The lowest BCUT2D eigenvalue weighted by Crippen LogP contribution is -2.45. The van der Waals surface area contributed by atoms with Crippen LogP contribution in [0.3, 0.4) is 0 Å². The highest BCUT2D eigenvalue weighted by Gasteiger charge is 2.51. The van der Waals surface area contributed by atoms with E-state index in [1.807, 2.05) is 32.2 Å². The van der Waals surface area contributed by atoms with Gasteiger partial charge in [0, 0.05) is 17.8 Å². The van der Waals surface area contributed by atoms with E-state index in [1.54, 1.807) is 26.8 Å². The molecule has 0 spiro atoms. The Morgan fingerprint density at radius 2 is 1.97 bits per heavy atom. The molecule has 3 rings (SSSR count). The lowest BCUT2D eigenvalue weighted by molar-refractivity contribution is -0.148. The summed E-state index contributed by atoms with van der Waals surface area (Å²) in [5, 5.41) is 24.4. The Kier molecular flexibility index (Phi) is 8.94. The predicted molar refractivity (Wildman–Crippen MR) is 139 cm³/mol. The lowest BCUT2D eigenvalue weighted by atomic mass is 9.73. The molecule has 0 aromatic carbocycles. The van der Waals surface area contributed by atoms with Crippen molar-refractivity contribution in [1.29, 1.82) is 0 Å². The first-order valence-corrected chi connectivity index (χ1v) is 13.5. The van der Waals surface area contributed by atoms with Crippen LogP contribution in [0.15, 0.2) is 22.8 Å². The number of nitrogens with two attached hydrogens (primary N) is 1. The highest BCUT2D eigenvalue weighted by Crippen LogP contribution is 2.43. The van der Waals surface area contributed by atoms with Crippen LogP contribution in [0.4, 0.5) is 0 Å². The first-order valence-electron chi connectivity index (χ1n) is 12.6. The number of ether oxygens (including phenoxy) is 2. The Morgan fingerprint density at radius 3 is 2.61 bits per heavy atom. The molecule has 0 radical (unpaired) electrons. The maximum absolute atomic E-state index is 13.2. The summed E-state index contributed by atoms with van der Waals surface area (Å²) in [6.07, 6.45) is 3.25. The fraction of sp³-hybridized carbons (Fsp3) is 0.667. The van der Waals surface area contributed by atoms with Crippen molar-refractivity contribution in [2.75, 3.05) is 0 Å². The van der Waals surface area contributed by atoms with Gasteiger partial charge in [0.15, 0.2) is 0 Å². The zero-order chi connectivity index (χ0) is 26.8. The second kappa shape index (κ2) is 11.2. The second-order valence-corrected chi connectivity index (χ2v) is 12.0. The van der Waals surface area contributed by atoms with Crippen LogP contribution in [-0.2, 0) is 25.6 Å². The average Bonchev–Trinajstić information content (AvgIpc) is 3.23. The highest BCUT2D eigenvalue weighted by atomic mass is 32.1. The minimum absolute atomic E-state index is 0.0941. The topological polar surface area (TPSA) is 135 Å². The first-order chi connectivity index (χ1) is 16.8. The number of epoxide rings is 1. The van der Waals surface area contributed by atoms with Gasteiger partial charge in [-0.3, -0.25) is 9.59 Å². The monoisotopic (exact) mass is 520 g/mol. The smallest absolute Gasteiger partial charge is 0.313 e. The number of thiazole rings is 1. The van der Waals surface area contributed by atoms with E-state index in [0.717, 1.165) is 30.0 Å². The molecule has 2 aliphatic rings. The van der Waals surface area contributed by atoms with E-state index in [9.17, 15) is 19.8 Å². The van der Waals surface area contributed by atoms with E-state index >= 15 is 0 Å². The van der Waals surface area contributed by atoms with Crippen LogP contribution in [-0.4, -0.2) is 50.9 Å². The van der Waals surface area contributed by atoms with Gasteiger partial charge < -0.3 is 25.4 Å². The number of Topliss-reactive ketones (excluding diaryl/α,β-unsaturated/α-hetero) is 1. The number of aromatic nitrogens is 1. The van der Waals surface area contributed by atoms with Gasteiger partial charge >= 0.3 is 5.97 Å². The second-order valence-electron chi connectivity index (χ2n) is 11.0. The summed E-state index contributed by atoms with van der Waals surface area (Å²) < 4.78 is 11.7. The van der Waals surface area contributed by atoms with Crippen molar-refractivity contribution in [2.24, 2.45) is 23.0 Å². The van der Waals surface area contributed by atoms with E-state index in [1.165, 1.54) is 11.3 Å². The molecule has 1 aromatic heterocycles. The third kappa shape index (κ3) is 6.50. The van der Waals surface area contributed by atoms with Crippen LogP contribution in [0.5, 0.6) is 0 Å². The average molecular weight is 521 g/mol. The minimum Gasteiger partial charge on any atom is -0.426 e. The number of rotatable bonds is 3. The van der Waals surface area contributed by atoms with Crippen molar-refractivity contribution in [1.82, 2.24) is 4.98 Å². The van der Waals surface area contributed by atoms with Gasteiger partial charge in [0.25, 0.3) is 0 Å². The Labute approximate surface area is 217 Å². The van der Waals surface area contributed by atoms with Gasteiger partial charge in [-0.15, -0.1) is 11.3 Å². The number of aliphatic hydroxyl groups excluding tert-OH is 2. The molecule has 0 saturated carbocycles. The Hall–Kier alpha value is -1.91. The molecule has 1 aromatic rings. The molecule has 8 nitrogen and oxygen atoms in total. The molecule has 2 aliphatic heterocycles. The van der Waals surface area contributed by atoms with Crippen molar-refractivity contribution < 1.29 is 29.3 Å². The highest BCUT2D eigenvalue weighted by molar-refractivity contribution is 7.09. The molecule has 36 heavy (non-hydrogen) atoms. The number of hydrogen-bond acceptors (Lipinski definition) is 9. The molecule has 4 N–H and O–H groups in total. The lowest BCUT2D eigenvalue weighted by Gasteiger charge is -2.34. The van der Waals surface area contributed by atoms with Crippen LogP contribution in [0.25, 0.3) is 6.08 Å². The summed E-state index contributed by atoms with van der Waals surface area (Å²) in [5.41, 5.74) is 5.45. The molecular weight excluding hydrogens is 480 g/mol. The van der Waals surface area contributed by atoms with Crippen molar-refractivity contribution in [3.63, 3.8) is 0 Å². The van der Waals surface area contributed by atoms with Gasteiger partial charge in [-0.25, -0.2) is 4.98 Å². The Balaban J connectivity index is 1.91. The quantitative estimate of drug-likeness (QED) is 0.405. The Bertz CT molecular complexity index is 1030. The zero-order valence-electron chi connectivity index (χ0n) is 22.1. The standard InChI is InChI=1S/C27H40N2O6S/c1-15-8-7-9-27(6)21(35-27)11-19(16(2)10-18-14-36-22(13-28)29-18)34-23(31)12-20(30)26(4,5)25(33)17(3)24(15)32/h10-11,14-15,17,20-21,24,30,32H,7-9,12-13,28H2,1-6H3/b16-10+,19-11+/t15?,17?,20?,21-,24-,27+/m0/s1. The van der Waals surface area contributed by atoms with Crippen LogP contribution >= 0.6 is 11.3 Å². The van der Waals surface area contributed by atoms with Crippen molar-refractivity contribution in [3.05, 3.63) is 33.5 Å². The number of fused-ring (bicyclic) bond motifs is 1. The summed E-state index contributed by atoms with van der Waals surface area (Å²) in [4.78, 5) is 30.6. The summed E-state index contributed by atoms with van der Waals surface area (Å²) in [6.45, 7) is 11.0. The molecule has 0 amide bonds. The van der Waals surface area contributed by atoms with Crippen molar-refractivity contribution >= 4 is 29.2 Å². The molecule has 200 valence electrons. The summed E-state index contributed by atoms with van der Waals surface area (Å²) in [5.74, 6) is -1.36. The molecule has 3 unspecified atom stereocenters. The molecule has 0 bridgehead atoms. The predicted octanol–water partition coefficient (Wildman–Crippen LogP) is 3.75. The van der Waals surface area contributed by atoms with Crippen molar-refractivity contribution in [3.8, 4) is 0 Å². The van der Waals surface area contributed by atoms with Crippen LogP contribution in [0.1, 0.15) is 77.9 Å². The summed E-state index contributed by atoms with van der Waals surface area (Å²) >= 11 is 1.46. The van der Waals surface area contributed by atoms with Gasteiger partial charge in [0.05, 0.1) is 35.3 Å². The number of hydrogen-bond donors (Lipinski definition) is 3. The zero-order valence-corrected chi connectivity index (χ0v) is 22.9. The van der Waals surface area contributed by atoms with Gasteiger partial charge in [-0.05, 0) is 50.3 Å². The first kappa shape index (κ1) is 28.7. The molecule has 3 heterocycles. The van der Waals surface area contributed by atoms with Crippen molar-refractivity contribution in [2.45, 2.75) is 97.7 Å². The van der Waals surface area contributed by atoms with Gasteiger partial charge in [0.2, 0.25) is 0 Å². The molecule has 1 saturated heterocycles. The minimum atomic E-state index is -1.27. The van der Waals surface area contributed by atoms with E-state index in [0.29, 0.717) is 17.9 Å². The van der Waals surface area contributed by atoms with E-state index < -0.39 is 35.1 Å². The van der Waals surface area contributed by atoms with Gasteiger partial charge in [-0.2, -0.15) is 0 Å². The third-order valence-corrected chi connectivity index (χ3v) is 8.52. The van der Waals surface area contributed by atoms with Crippen LogP contribution in [0.2, 0.25) is 0 Å². The number of allylic oxidation sites excluding steroid dienone is 1. The number of carbonyl (C=O) groups is 2. The molecule has 0 aliphatic carbocycles. The fourth-order valence-electron chi connectivity index (χ4n) is 4.75. The molecule has 1 fully saturated rings. The number of carbonyl (C=O) groups excluding carboxylic acids is 2. The van der Waals surface area contributed by atoms with Crippen LogP contribution < -0.4 is 5.73 Å². The van der Waals surface area contributed by atoms with E-state index in [4.69, 9.17) is 15.2 Å². The maximum Gasteiger partial charge on any atom is 0.313 e. The van der Waals surface area contributed by atoms with E-state index in [-0.39, 0.29) is 24.2 Å². The third-order valence-electron chi connectivity index (χ3n) is 7.63. The summed E-state index contributed by atoms with van der Waals surface area (Å²) in [7, 11) is 0. The van der Waals surface area contributed by atoms with Crippen LogP contribution in [0, 0.1) is 17.3 Å².